The Kier molecular flexibility index (Phi) is 5.27. The third kappa shape index (κ3) is 3.61. The zero-order chi connectivity index (χ0) is 20.5. The number of ether oxygens (including phenoxy) is 1. The summed E-state index contributed by atoms with van der Waals surface area (Å²) in [6.45, 7) is 4.09. The maximum absolute atomic E-state index is 13.2. The zero-order valence-electron chi connectivity index (χ0n) is 17.4. The van der Waals surface area contributed by atoms with Gasteiger partial charge in [0.1, 0.15) is 0 Å². The summed E-state index contributed by atoms with van der Waals surface area (Å²) >= 11 is 0. The van der Waals surface area contributed by atoms with Crippen molar-refractivity contribution in [2.75, 3.05) is 26.3 Å². The molecule has 0 spiro atoms. The number of aromatic nitrogens is 2. The van der Waals surface area contributed by atoms with Crippen molar-refractivity contribution in [2.45, 2.75) is 31.5 Å². The van der Waals surface area contributed by atoms with Crippen LogP contribution in [0.2, 0.25) is 0 Å². The van der Waals surface area contributed by atoms with Crippen molar-refractivity contribution < 1.29 is 9.53 Å². The molecule has 2 aliphatic heterocycles. The SMILES string of the molecule is Cn1nc(C(=O)N2CC(N(Cc3ccccc3)C3CCOCC3)C2)c2ccccc21. The molecule has 0 N–H and O–H groups in total. The Morgan fingerprint density at radius 2 is 1.73 bits per heavy atom. The molecule has 3 aromatic rings. The largest absolute Gasteiger partial charge is 0.381 e. The standard InChI is InChI=1S/C24H28N4O2/c1-26-22-10-6-5-9-21(22)23(25-26)24(29)27-16-20(17-27)28(19-11-13-30-14-12-19)15-18-7-3-2-4-8-18/h2-10,19-20H,11-17H2,1H3. The summed E-state index contributed by atoms with van der Waals surface area (Å²) in [6.07, 6.45) is 2.12. The second-order valence-electron chi connectivity index (χ2n) is 8.35. The average molecular weight is 405 g/mol. The molecular weight excluding hydrogens is 376 g/mol. The number of hydrogen-bond donors (Lipinski definition) is 0. The summed E-state index contributed by atoms with van der Waals surface area (Å²) in [5.41, 5.74) is 2.88. The van der Waals surface area contributed by atoms with Gasteiger partial charge in [0.25, 0.3) is 5.91 Å². The number of carbonyl (C=O) groups excluding carboxylic acids is 1. The van der Waals surface area contributed by atoms with Crippen molar-refractivity contribution in [1.29, 1.82) is 0 Å². The van der Waals surface area contributed by atoms with Crippen molar-refractivity contribution in [2.24, 2.45) is 7.05 Å². The number of carbonyl (C=O) groups is 1. The Morgan fingerprint density at radius 3 is 2.50 bits per heavy atom. The molecule has 0 unspecified atom stereocenters. The van der Waals surface area contributed by atoms with E-state index in [2.05, 4.69) is 40.3 Å². The highest BCUT2D eigenvalue weighted by Crippen LogP contribution is 2.27. The predicted molar refractivity (Wildman–Crippen MR) is 116 cm³/mol. The zero-order valence-corrected chi connectivity index (χ0v) is 17.4. The van der Waals surface area contributed by atoms with E-state index in [-0.39, 0.29) is 5.91 Å². The number of aryl methyl sites for hydroxylation is 1. The monoisotopic (exact) mass is 404 g/mol. The molecule has 0 aliphatic carbocycles. The third-order valence-corrected chi connectivity index (χ3v) is 6.45. The van der Waals surface area contributed by atoms with E-state index in [1.54, 1.807) is 4.68 Å². The normalized spacial score (nSPS) is 18.1. The highest BCUT2D eigenvalue weighted by molar-refractivity contribution is 6.05. The van der Waals surface area contributed by atoms with Crippen LogP contribution in [-0.2, 0) is 18.3 Å². The van der Waals surface area contributed by atoms with Crippen LogP contribution in [0, 0.1) is 0 Å². The predicted octanol–water partition coefficient (Wildman–Crippen LogP) is 3.08. The number of hydrogen-bond acceptors (Lipinski definition) is 4. The van der Waals surface area contributed by atoms with Gasteiger partial charge in [0, 0.05) is 57.4 Å². The summed E-state index contributed by atoms with van der Waals surface area (Å²) < 4.78 is 7.39. The van der Waals surface area contributed by atoms with Gasteiger partial charge in [0.05, 0.1) is 5.52 Å². The van der Waals surface area contributed by atoms with Crippen LogP contribution in [0.4, 0.5) is 0 Å². The number of fused-ring (bicyclic) bond motifs is 1. The molecule has 0 atom stereocenters. The molecule has 2 fully saturated rings. The Balaban J connectivity index is 1.31. The van der Waals surface area contributed by atoms with Gasteiger partial charge < -0.3 is 9.64 Å². The second-order valence-corrected chi connectivity index (χ2v) is 8.35. The van der Waals surface area contributed by atoms with Gasteiger partial charge in [-0.05, 0) is 24.5 Å². The van der Waals surface area contributed by atoms with Crippen molar-refractivity contribution in [3.63, 3.8) is 0 Å². The minimum Gasteiger partial charge on any atom is -0.381 e. The molecule has 6 heteroatoms. The summed E-state index contributed by atoms with van der Waals surface area (Å²) in [5.74, 6) is 0.0367. The van der Waals surface area contributed by atoms with E-state index in [0.717, 1.165) is 56.6 Å². The molecule has 3 heterocycles. The maximum Gasteiger partial charge on any atom is 0.275 e. The van der Waals surface area contributed by atoms with E-state index in [1.807, 2.05) is 36.2 Å². The number of nitrogens with zero attached hydrogens (tertiary/aromatic N) is 4. The van der Waals surface area contributed by atoms with Crippen molar-refractivity contribution in [1.82, 2.24) is 19.6 Å². The summed E-state index contributed by atoms with van der Waals surface area (Å²) in [6, 6.07) is 19.5. The maximum atomic E-state index is 13.2. The van der Waals surface area contributed by atoms with Crippen molar-refractivity contribution in [3.8, 4) is 0 Å². The molecule has 2 aliphatic rings. The number of rotatable bonds is 5. The molecule has 0 radical (unpaired) electrons. The van der Waals surface area contributed by atoms with Gasteiger partial charge in [0.15, 0.2) is 5.69 Å². The highest BCUT2D eigenvalue weighted by Gasteiger charge is 2.39. The second kappa shape index (κ2) is 8.20. The summed E-state index contributed by atoms with van der Waals surface area (Å²) in [7, 11) is 1.89. The minimum absolute atomic E-state index is 0.0367. The number of likely N-dealkylation sites (tertiary alicyclic amines) is 1. The first-order valence-corrected chi connectivity index (χ1v) is 10.8. The van der Waals surface area contributed by atoms with E-state index in [1.165, 1.54) is 5.56 Å². The van der Waals surface area contributed by atoms with Crippen molar-refractivity contribution in [3.05, 3.63) is 65.9 Å². The van der Waals surface area contributed by atoms with Gasteiger partial charge in [-0.1, -0.05) is 48.5 Å². The van der Waals surface area contributed by atoms with E-state index >= 15 is 0 Å². The lowest BCUT2D eigenvalue weighted by molar-refractivity contribution is -0.0290. The van der Waals surface area contributed by atoms with Gasteiger partial charge in [0.2, 0.25) is 0 Å². The number of amides is 1. The van der Waals surface area contributed by atoms with Crippen LogP contribution in [0.5, 0.6) is 0 Å². The van der Waals surface area contributed by atoms with Gasteiger partial charge in [-0.15, -0.1) is 0 Å². The first-order valence-electron chi connectivity index (χ1n) is 10.8. The molecule has 2 aromatic carbocycles. The Bertz CT molecular complexity index is 1020. The van der Waals surface area contributed by atoms with E-state index in [9.17, 15) is 4.79 Å². The molecule has 1 amide bonds. The summed E-state index contributed by atoms with van der Waals surface area (Å²) in [4.78, 5) is 17.7. The molecule has 30 heavy (non-hydrogen) atoms. The average Bonchev–Trinajstić information content (AvgIpc) is 3.10. The lowest BCUT2D eigenvalue weighted by Gasteiger charge is -2.49. The van der Waals surface area contributed by atoms with Crippen LogP contribution < -0.4 is 0 Å². The topological polar surface area (TPSA) is 50.6 Å². The van der Waals surface area contributed by atoms with Crippen LogP contribution in [0.15, 0.2) is 54.6 Å². The highest BCUT2D eigenvalue weighted by atomic mass is 16.5. The first kappa shape index (κ1) is 19.3. The fraction of sp³-hybridized carbons (Fsp3) is 0.417. The van der Waals surface area contributed by atoms with Crippen LogP contribution in [-0.4, -0.2) is 63.9 Å². The van der Waals surface area contributed by atoms with Crippen LogP contribution in [0.25, 0.3) is 10.9 Å². The van der Waals surface area contributed by atoms with Crippen molar-refractivity contribution >= 4 is 16.8 Å². The number of benzene rings is 2. The fourth-order valence-electron chi connectivity index (χ4n) is 4.72. The molecule has 0 bridgehead atoms. The lowest BCUT2D eigenvalue weighted by Crippen LogP contribution is -2.63. The third-order valence-electron chi connectivity index (χ3n) is 6.45. The molecular formula is C24H28N4O2. The first-order chi connectivity index (χ1) is 14.7. The Hall–Kier alpha value is -2.70. The van der Waals surface area contributed by atoms with E-state index in [0.29, 0.717) is 17.8 Å². The van der Waals surface area contributed by atoms with Gasteiger partial charge in [-0.3, -0.25) is 14.4 Å². The van der Waals surface area contributed by atoms with Crippen LogP contribution >= 0.6 is 0 Å². The van der Waals surface area contributed by atoms with Gasteiger partial charge in [-0.2, -0.15) is 5.10 Å². The fourth-order valence-corrected chi connectivity index (χ4v) is 4.72. The molecule has 1 aromatic heterocycles. The molecule has 6 nitrogen and oxygen atoms in total. The number of para-hydroxylation sites is 1. The van der Waals surface area contributed by atoms with Crippen LogP contribution in [0.3, 0.4) is 0 Å². The quantitative estimate of drug-likeness (QED) is 0.656. The van der Waals surface area contributed by atoms with Crippen LogP contribution in [0.1, 0.15) is 28.9 Å². The molecule has 156 valence electrons. The molecule has 5 rings (SSSR count). The Morgan fingerprint density at radius 1 is 1.03 bits per heavy atom. The molecule has 0 saturated carbocycles. The van der Waals surface area contributed by atoms with Gasteiger partial charge >= 0.3 is 0 Å². The minimum atomic E-state index is 0.0367. The summed E-state index contributed by atoms with van der Waals surface area (Å²) in [5, 5.41) is 5.45. The van der Waals surface area contributed by atoms with E-state index < -0.39 is 0 Å². The lowest BCUT2D eigenvalue weighted by atomic mass is 9.98. The Labute approximate surface area is 177 Å². The van der Waals surface area contributed by atoms with Gasteiger partial charge in [-0.25, -0.2) is 0 Å². The van der Waals surface area contributed by atoms with E-state index in [4.69, 9.17) is 4.74 Å². The smallest absolute Gasteiger partial charge is 0.275 e. The molecule has 2 saturated heterocycles.